The first-order chi connectivity index (χ1) is 14.0. The Balaban J connectivity index is 1.67. The molecule has 1 aromatic carbocycles. The largest absolute Gasteiger partial charge is 0.346 e. The zero-order valence-electron chi connectivity index (χ0n) is 16.3. The van der Waals surface area contributed by atoms with Crippen LogP contribution in [0.1, 0.15) is 25.2 Å². The van der Waals surface area contributed by atoms with Crippen molar-refractivity contribution < 1.29 is 12.8 Å². The number of halogens is 1. The molecule has 0 saturated carbocycles. The molecule has 0 N–H and O–H groups in total. The second kappa shape index (κ2) is 9.75. The molecule has 0 bridgehead atoms. The zero-order chi connectivity index (χ0) is 20.9. The molecular formula is C19H23FN4O2S3. The van der Waals surface area contributed by atoms with Crippen molar-refractivity contribution in [2.45, 2.75) is 24.5 Å². The van der Waals surface area contributed by atoms with E-state index in [9.17, 15) is 12.8 Å². The average Bonchev–Trinajstić information content (AvgIpc) is 3.40. The first-order valence-corrected chi connectivity index (χ1v) is 12.4. The number of hydrogen-bond donors (Lipinski definition) is 0. The van der Waals surface area contributed by atoms with Crippen LogP contribution in [0.3, 0.4) is 0 Å². The summed E-state index contributed by atoms with van der Waals surface area (Å²) in [7, 11) is -3.48. The highest BCUT2D eigenvalue weighted by Crippen LogP contribution is 2.22. The summed E-state index contributed by atoms with van der Waals surface area (Å²) in [6.45, 7) is 5.74. The Labute approximate surface area is 178 Å². The number of benzene rings is 1. The Morgan fingerprint density at radius 3 is 2.52 bits per heavy atom. The van der Waals surface area contributed by atoms with E-state index in [4.69, 9.17) is 0 Å². The molecule has 3 aromatic rings. The highest BCUT2D eigenvalue weighted by Gasteiger charge is 2.24. The van der Waals surface area contributed by atoms with E-state index in [1.54, 1.807) is 35.7 Å². The second-order valence-electron chi connectivity index (χ2n) is 6.27. The summed E-state index contributed by atoms with van der Waals surface area (Å²) in [6, 6.07) is 9.96. The summed E-state index contributed by atoms with van der Waals surface area (Å²) < 4.78 is 45.6. The SMILES string of the molecule is CCN(CCN(CC)S(=O)(=O)c1cccs1)c1nc(Cc2ccccc2F)ns1. The summed E-state index contributed by atoms with van der Waals surface area (Å²) in [5.74, 6) is 0.292. The number of hydrogen-bond acceptors (Lipinski definition) is 7. The Morgan fingerprint density at radius 1 is 1.07 bits per heavy atom. The Hall–Kier alpha value is -1.88. The smallest absolute Gasteiger partial charge is 0.252 e. The summed E-state index contributed by atoms with van der Waals surface area (Å²) >= 11 is 2.47. The summed E-state index contributed by atoms with van der Waals surface area (Å²) in [6.07, 6.45) is 0.328. The minimum absolute atomic E-state index is 0.270. The average molecular weight is 455 g/mol. The van der Waals surface area contributed by atoms with E-state index < -0.39 is 10.0 Å². The van der Waals surface area contributed by atoms with E-state index in [0.29, 0.717) is 53.3 Å². The summed E-state index contributed by atoms with van der Waals surface area (Å²) in [4.78, 5) is 6.53. The van der Waals surface area contributed by atoms with Crippen molar-refractivity contribution in [3.8, 4) is 0 Å². The lowest BCUT2D eigenvalue weighted by Gasteiger charge is -2.24. The Morgan fingerprint density at radius 2 is 1.86 bits per heavy atom. The van der Waals surface area contributed by atoms with E-state index in [-0.39, 0.29) is 5.82 Å². The topological polar surface area (TPSA) is 66.4 Å². The van der Waals surface area contributed by atoms with Crippen LogP contribution in [0.15, 0.2) is 46.0 Å². The molecule has 3 rings (SSSR count). The van der Waals surface area contributed by atoms with Gasteiger partial charge in [0.2, 0.25) is 5.13 Å². The molecule has 0 aliphatic heterocycles. The molecule has 0 saturated heterocycles. The van der Waals surface area contributed by atoms with Gasteiger partial charge in [0, 0.05) is 44.1 Å². The van der Waals surface area contributed by atoms with E-state index in [1.165, 1.54) is 33.2 Å². The van der Waals surface area contributed by atoms with Gasteiger partial charge in [0.05, 0.1) is 0 Å². The number of anilines is 1. The predicted molar refractivity (Wildman–Crippen MR) is 116 cm³/mol. The maximum absolute atomic E-state index is 13.9. The van der Waals surface area contributed by atoms with Crippen molar-refractivity contribution in [1.29, 1.82) is 0 Å². The fourth-order valence-electron chi connectivity index (χ4n) is 2.86. The first-order valence-electron chi connectivity index (χ1n) is 9.30. The molecule has 0 radical (unpaired) electrons. The van der Waals surface area contributed by atoms with Gasteiger partial charge in [-0.15, -0.1) is 11.3 Å². The molecule has 2 aromatic heterocycles. The van der Waals surface area contributed by atoms with Crippen molar-refractivity contribution in [2.75, 3.05) is 31.1 Å². The molecule has 156 valence electrons. The van der Waals surface area contributed by atoms with E-state index in [0.717, 1.165) is 0 Å². The van der Waals surface area contributed by atoms with E-state index >= 15 is 0 Å². The fraction of sp³-hybridized carbons (Fsp3) is 0.368. The van der Waals surface area contributed by atoms with Crippen molar-refractivity contribution in [3.63, 3.8) is 0 Å². The fourth-order valence-corrected chi connectivity index (χ4v) is 6.22. The highest BCUT2D eigenvalue weighted by atomic mass is 32.2. The molecule has 0 fully saturated rings. The van der Waals surface area contributed by atoms with Gasteiger partial charge in [-0.05, 0) is 30.0 Å². The second-order valence-corrected chi connectivity index (χ2v) is 10.1. The third kappa shape index (κ3) is 5.19. The number of sulfonamides is 1. The molecular weight excluding hydrogens is 431 g/mol. The van der Waals surface area contributed by atoms with Crippen LogP contribution < -0.4 is 4.90 Å². The molecule has 0 spiro atoms. The van der Waals surface area contributed by atoms with Crippen molar-refractivity contribution in [2.24, 2.45) is 0 Å². The van der Waals surface area contributed by atoms with Crippen LogP contribution in [-0.4, -0.2) is 48.3 Å². The number of likely N-dealkylation sites (N-methyl/N-ethyl adjacent to an activating group) is 2. The lowest BCUT2D eigenvalue weighted by molar-refractivity contribution is 0.432. The standard InChI is InChI=1S/C19H23FN4O2S3/c1-3-23(11-12-24(4-2)29(25,26)18-10-7-13-27-18)19-21-17(22-28-19)14-15-8-5-6-9-16(15)20/h5-10,13H,3-4,11-12,14H2,1-2H3. The van der Waals surface area contributed by atoms with Gasteiger partial charge in [-0.2, -0.15) is 8.68 Å². The van der Waals surface area contributed by atoms with Gasteiger partial charge in [-0.1, -0.05) is 31.2 Å². The van der Waals surface area contributed by atoms with Gasteiger partial charge >= 0.3 is 0 Å². The molecule has 2 heterocycles. The van der Waals surface area contributed by atoms with Gasteiger partial charge < -0.3 is 4.90 Å². The van der Waals surface area contributed by atoms with E-state index in [1.807, 2.05) is 18.7 Å². The van der Waals surface area contributed by atoms with Gasteiger partial charge in [0.15, 0.2) is 0 Å². The summed E-state index contributed by atoms with van der Waals surface area (Å²) in [5, 5.41) is 2.47. The Bertz CT molecular complexity index is 1020. The van der Waals surface area contributed by atoms with Crippen molar-refractivity contribution >= 4 is 38.0 Å². The number of thiophene rings is 1. The monoisotopic (exact) mass is 454 g/mol. The van der Waals surface area contributed by atoms with Crippen molar-refractivity contribution in [3.05, 3.63) is 59.0 Å². The van der Waals surface area contributed by atoms with Crippen LogP contribution in [-0.2, 0) is 16.4 Å². The van der Waals surface area contributed by atoms with Crippen LogP contribution in [0.5, 0.6) is 0 Å². The number of rotatable bonds is 10. The third-order valence-corrected chi connectivity index (χ3v) is 8.64. The molecule has 10 heteroatoms. The zero-order valence-corrected chi connectivity index (χ0v) is 18.7. The van der Waals surface area contributed by atoms with Gasteiger partial charge in [0.1, 0.15) is 15.9 Å². The van der Waals surface area contributed by atoms with Gasteiger partial charge in [-0.25, -0.2) is 17.8 Å². The number of aromatic nitrogens is 2. The van der Waals surface area contributed by atoms with Crippen LogP contribution in [0.2, 0.25) is 0 Å². The normalized spacial score (nSPS) is 11.9. The van der Waals surface area contributed by atoms with Gasteiger partial charge in [0.25, 0.3) is 10.0 Å². The van der Waals surface area contributed by atoms with Crippen LogP contribution in [0.4, 0.5) is 9.52 Å². The lowest BCUT2D eigenvalue weighted by Crippen LogP contribution is -2.38. The predicted octanol–water partition coefficient (Wildman–Crippen LogP) is 3.87. The maximum Gasteiger partial charge on any atom is 0.252 e. The van der Waals surface area contributed by atoms with E-state index in [2.05, 4.69) is 9.36 Å². The molecule has 6 nitrogen and oxygen atoms in total. The lowest BCUT2D eigenvalue weighted by atomic mass is 10.1. The molecule has 0 unspecified atom stereocenters. The minimum Gasteiger partial charge on any atom is -0.346 e. The van der Waals surface area contributed by atoms with Crippen LogP contribution in [0, 0.1) is 5.82 Å². The molecule has 0 amide bonds. The molecule has 0 aliphatic rings. The minimum atomic E-state index is -3.48. The Kier molecular flexibility index (Phi) is 7.33. The van der Waals surface area contributed by atoms with Crippen LogP contribution >= 0.6 is 22.9 Å². The van der Waals surface area contributed by atoms with Gasteiger partial charge in [-0.3, -0.25) is 0 Å². The summed E-state index contributed by atoms with van der Waals surface area (Å²) in [5.41, 5.74) is 0.555. The molecule has 29 heavy (non-hydrogen) atoms. The molecule has 0 aliphatic carbocycles. The van der Waals surface area contributed by atoms with Crippen molar-refractivity contribution in [1.82, 2.24) is 13.7 Å². The first kappa shape index (κ1) is 21.8. The molecule has 0 atom stereocenters. The highest BCUT2D eigenvalue weighted by molar-refractivity contribution is 7.91. The maximum atomic E-state index is 13.9. The quantitative estimate of drug-likeness (QED) is 0.465. The number of nitrogens with zero attached hydrogens (tertiary/aromatic N) is 4. The third-order valence-electron chi connectivity index (χ3n) is 4.48. The van der Waals surface area contributed by atoms with Crippen LogP contribution in [0.25, 0.3) is 0 Å².